The van der Waals surface area contributed by atoms with Crippen molar-refractivity contribution in [2.24, 2.45) is 0 Å². The van der Waals surface area contributed by atoms with Gasteiger partial charge in [-0.3, -0.25) is 4.90 Å². The Morgan fingerprint density at radius 3 is 2.93 bits per heavy atom. The van der Waals surface area contributed by atoms with E-state index < -0.39 is 0 Å². The molecule has 3 nitrogen and oxygen atoms in total. The van der Waals surface area contributed by atoms with Crippen LogP contribution in [-0.2, 0) is 9.53 Å². The normalized spacial score (nSPS) is 22.8. The Labute approximate surface area is 92.1 Å². The fourth-order valence-corrected chi connectivity index (χ4v) is 2.18. The number of esters is 1. The van der Waals surface area contributed by atoms with Gasteiger partial charge in [0.15, 0.2) is 0 Å². The molecule has 86 valence electrons. The van der Waals surface area contributed by atoms with Crippen LogP contribution in [0.1, 0.15) is 33.1 Å². The first-order chi connectivity index (χ1) is 7.15. The van der Waals surface area contributed by atoms with Gasteiger partial charge in [-0.1, -0.05) is 6.08 Å². The fraction of sp³-hybridized carbons (Fsp3) is 0.750. The number of hydrogen-bond acceptors (Lipinski definition) is 3. The number of carbonyl (C=O) groups excluding carboxylic acids is 1. The predicted octanol–water partition coefficient (Wildman–Crippen LogP) is 1.98. The third kappa shape index (κ3) is 3.67. The molecule has 1 aliphatic heterocycles. The highest BCUT2D eigenvalue weighted by Crippen LogP contribution is 2.22. The second-order valence-corrected chi connectivity index (χ2v) is 4.29. The molecule has 0 aromatic rings. The van der Waals surface area contributed by atoms with E-state index in [0.29, 0.717) is 12.1 Å². The summed E-state index contributed by atoms with van der Waals surface area (Å²) in [6, 6.07) is 1.20. The minimum absolute atomic E-state index is 0.260. The summed E-state index contributed by atoms with van der Waals surface area (Å²) in [5.41, 5.74) is 0. The van der Waals surface area contributed by atoms with E-state index in [1.165, 1.54) is 32.6 Å². The van der Waals surface area contributed by atoms with Crippen molar-refractivity contribution in [3.63, 3.8) is 0 Å². The van der Waals surface area contributed by atoms with Gasteiger partial charge >= 0.3 is 5.97 Å². The number of ether oxygens (including phenoxy) is 1. The molecule has 3 heteroatoms. The lowest BCUT2D eigenvalue weighted by molar-refractivity contribution is -0.134. The lowest BCUT2D eigenvalue weighted by atomic mass is 10.1. The summed E-state index contributed by atoms with van der Waals surface area (Å²) < 4.78 is 4.55. The Hall–Kier alpha value is -0.830. The quantitative estimate of drug-likeness (QED) is 0.526. The fourth-order valence-electron chi connectivity index (χ4n) is 2.18. The van der Waals surface area contributed by atoms with E-state index >= 15 is 0 Å². The van der Waals surface area contributed by atoms with Crippen molar-refractivity contribution in [2.75, 3.05) is 13.7 Å². The molecule has 0 N–H and O–H groups in total. The van der Waals surface area contributed by atoms with Crippen molar-refractivity contribution in [3.8, 4) is 0 Å². The van der Waals surface area contributed by atoms with Gasteiger partial charge in [0.05, 0.1) is 7.11 Å². The zero-order chi connectivity index (χ0) is 11.3. The zero-order valence-electron chi connectivity index (χ0n) is 9.90. The molecular formula is C12H21NO2. The first-order valence-electron chi connectivity index (χ1n) is 5.65. The lowest BCUT2D eigenvalue weighted by Gasteiger charge is -2.27. The molecule has 1 atom stereocenters. The van der Waals surface area contributed by atoms with E-state index in [-0.39, 0.29) is 5.97 Å². The highest BCUT2D eigenvalue weighted by atomic mass is 16.5. The first kappa shape index (κ1) is 12.2. The average molecular weight is 211 g/mol. The summed E-state index contributed by atoms with van der Waals surface area (Å²) in [4.78, 5) is 13.4. The summed E-state index contributed by atoms with van der Waals surface area (Å²) in [6.45, 7) is 5.64. The standard InChI is InChI=1S/C12H21NO2/c1-10(2)13-9-5-7-11(13)6-4-8-12(14)15-3/h4,8,10-11H,5-7,9H2,1-3H3/b8-4+/t11-/m1/s1. The summed E-state index contributed by atoms with van der Waals surface area (Å²) in [5.74, 6) is -0.260. The molecule has 1 saturated heterocycles. The lowest BCUT2D eigenvalue weighted by Crippen LogP contribution is -2.35. The molecule has 15 heavy (non-hydrogen) atoms. The molecule has 0 saturated carbocycles. The van der Waals surface area contributed by atoms with Crippen LogP contribution in [0.3, 0.4) is 0 Å². The Balaban J connectivity index is 2.37. The Kier molecular flexibility index (Phi) is 4.82. The molecular weight excluding hydrogens is 190 g/mol. The SMILES string of the molecule is COC(=O)/C=C/C[C@@H]1CCCN1C(C)C. The van der Waals surface area contributed by atoms with Crippen LogP contribution in [0.4, 0.5) is 0 Å². The van der Waals surface area contributed by atoms with E-state index in [9.17, 15) is 4.79 Å². The largest absolute Gasteiger partial charge is 0.466 e. The van der Waals surface area contributed by atoms with E-state index in [2.05, 4.69) is 23.5 Å². The Morgan fingerprint density at radius 2 is 2.33 bits per heavy atom. The first-order valence-corrected chi connectivity index (χ1v) is 5.65. The molecule has 1 aliphatic rings. The monoisotopic (exact) mass is 211 g/mol. The van der Waals surface area contributed by atoms with E-state index in [4.69, 9.17) is 0 Å². The molecule has 0 radical (unpaired) electrons. The molecule has 0 unspecified atom stereocenters. The van der Waals surface area contributed by atoms with Crippen LogP contribution in [0.25, 0.3) is 0 Å². The van der Waals surface area contributed by atoms with Crippen LogP contribution < -0.4 is 0 Å². The van der Waals surface area contributed by atoms with Crippen LogP contribution in [0.5, 0.6) is 0 Å². The third-order valence-corrected chi connectivity index (χ3v) is 2.95. The van der Waals surface area contributed by atoms with Gasteiger partial charge in [0.25, 0.3) is 0 Å². The molecule has 0 amide bonds. The summed E-state index contributed by atoms with van der Waals surface area (Å²) >= 11 is 0. The number of likely N-dealkylation sites (tertiary alicyclic amines) is 1. The van der Waals surface area contributed by atoms with Crippen molar-refractivity contribution in [2.45, 2.75) is 45.2 Å². The van der Waals surface area contributed by atoms with Gasteiger partial charge in [0.2, 0.25) is 0 Å². The van der Waals surface area contributed by atoms with Crippen molar-refractivity contribution in [1.82, 2.24) is 4.90 Å². The number of rotatable bonds is 4. The van der Waals surface area contributed by atoms with Gasteiger partial charge < -0.3 is 4.74 Å². The van der Waals surface area contributed by atoms with Crippen LogP contribution in [0.2, 0.25) is 0 Å². The number of methoxy groups -OCH3 is 1. The van der Waals surface area contributed by atoms with E-state index in [1.807, 2.05) is 6.08 Å². The van der Waals surface area contributed by atoms with Crippen molar-refractivity contribution < 1.29 is 9.53 Å². The molecule has 1 rings (SSSR count). The zero-order valence-corrected chi connectivity index (χ0v) is 9.90. The molecule has 1 fully saturated rings. The van der Waals surface area contributed by atoms with E-state index in [1.54, 1.807) is 0 Å². The van der Waals surface area contributed by atoms with Crippen molar-refractivity contribution in [1.29, 1.82) is 0 Å². The van der Waals surface area contributed by atoms with Gasteiger partial charge in [0.1, 0.15) is 0 Å². The average Bonchev–Trinajstić information content (AvgIpc) is 2.65. The number of hydrogen-bond donors (Lipinski definition) is 0. The molecule has 0 spiro atoms. The molecule has 0 aromatic heterocycles. The minimum atomic E-state index is -0.260. The number of carbonyl (C=O) groups is 1. The van der Waals surface area contributed by atoms with Gasteiger partial charge in [-0.2, -0.15) is 0 Å². The molecule has 0 aliphatic carbocycles. The third-order valence-electron chi connectivity index (χ3n) is 2.95. The second-order valence-electron chi connectivity index (χ2n) is 4.29. The Morgan fingerprint density at radius 1 is 1.60 bits per heavy atom. The molecule has 0 bridgehead atoms. The highest BCUT2D eigenvalue weighted by Gasteiger charge is 2.25. The summed E-state index contributed by atoms with van der Waals surface area (Å²) in [5, 5.41) is 0. The van der Waals surface area contributed by atoms with Gasteiger partial charge in [-0.05, 0) is 39.7 Å². The second kappa shape index (κ2) is 5.91. The van der Waals surface area contributed by atoms with Crippen LogP contribution >= 0.6 is 0 Å². The van der Waals surface area contributed by atoms with Crippen molar-refractivity contribution >= 4 is 5.97 Å². The topological polar surface area (TPSA) is 29.5 Å². The highest BCUT2D eigenvalue weighted by molar-refractivity contribution is 5.81. The maximum Gasteiger partial charge on any atom is 0.330 e. The Bertz CT molecular complexity index is 236. The maximum absolute atomic E-state index is 10.9. The van der Waals surface area contributed by atoms with Gasteiger partial charge in [-0.25, -0.2) is 4.79 Å². The molecule has 0 aromatic carbocycles. The van der Waals surface area contributed by atoms with Crippen LogP contribution in [0, 0.1) is 0 Å². The van der Waals surface area contributed by atoms with Gasteiger partial charge in [0, 0.05) is 18.2 Å². The van der Waals surface area contributed by atoms with Crippen molar-refractivity contribution in [3.05, 3.63) is 12.2 Å². The minimum Gasteiger partial charge on any atom is -0.466 e. The smallest absolute Gasteiger partial charge is 0.330 e. The number of nitrogens with zero attached hydrogens (tertiary/aromatic N) is 1. The van der Waals surface area contributed by atoms with E-state index in [0.717, 1.165) is 6.42 Å². The summed E-state index contributed by atoms with van der Waals surface area (Å²) in [6.07, 6.45) is 6.92. The predicted molar refractivity (Wildman–Crippen MR) is 60.6 cm³/mol. The van der Waals surface area contributed by atoms with Gasteiger partial charge in [-0.15, -0.1) is 0 Å². The molecule has 1 heterocycles. The summed E-state index contributed by atoms with van der Waals surface area (Å²) in [7, 11) is 1.41. The maximum atomic E-state index is 10.9. The van der Waals surface area contributed by atoms with Crippen LogP contribution in [-0.4, -0.2) is 36.6 Å². The van der Waals surface area contributed by atoms with Crippen LogP contribution in [0.15, 0.2) is 12.2 Å².